The van der Waals surface area contributed by atoms with Crippen molar-refractivity contribution in [3.8, 4) is 17.2 Å². The number of hydrogen-bond donors (Lipinski definition) is 1. The zero-order valence-corrected chi connectivity index (χ0v) is 15.4. The van der Waals surface area contributed by atoms with Crippen molar-refractivity contribution >= 4 is 23.6 Å². The molecule has 0 fully saturated rings. The summed E-state index contributed by atoms with van der Waals surface area (Å²) < 4.78 is 0. The molecule has 2 aromatic rings. The maximum absolute atomic E-state index is 12.1. The van der Waals surface area contributed by atoms with Gasteiger partial charge in [-0.2, -0.15) is 5.26 Å². The first-order valence-electron chi connectivity index (χ1n) is 8.23. The van der Waals surface area contributed by atoms with Gasteiger partial charge in [-0.15, -0.1) is 0 Å². The van der Waals surface area contributed by atoms with Crippen molar-refractivity contribution in [1.82, 2.24) is 5.32 Å². The molecule has 0 aliphatic carbocycles. The van der Waals surface area contributed by atoms with Crippen LogP contribution in [0.5, 0.6) is 0 Å². The minimum atomic E-state index is -0.0899. The van der Waals surface area contributed by atoms with E-state index in [0.717, 1.165) is 28.7 Å². The van der Waals surface area contributed by atoms with Crippen molar-refractivity contribution in [2.75, 3.05) is 6.54 Å². The van der Waals surface area contributed by atoms with E-state index in [9.17, 15) is 10.1 Å². The number of amides is 1. The summed E-state index contributed by atoms with van der Waals surface area (Å²) in [7, 11) is 0. The van der Waals surface area contributed by atoms with Crippen LogP contribution in [0.15, 0.2) is 42.0 Å². The number of halogens is 1. The second-order valence-electron chi connectivity index (χ2n) is 5.94. The fourth-order valence-electron chi connectivity index (χ4n) is 2.58. The number of nitrogens with one attached hydrogen (secondary N) is 1. The molecule has 0 saturated carbocycles. The van der Waals surface area contributed by atoms with Gasteiger partial charge >= 0.3 is 0 Å². The lowest BCUT2D eigenvalue weighted by Gasteiger charge is -2.12. The molecule has 0 aromatic heterocycles. The maximum Gasteiger partial charge on any atom is 0.246 e. The van der Waals surface area contributed by atoms with Crippen LogP contribution in [-0.2, 0) is 4.79 Å². The highest BCUT2D eigenvalue weighted by molar-refractivity contribution is 6.30. The van der Waals surface area contributed by atoms with Gasteiger partial charge in [-0.3, -0.25) is 4.79 Å². The van der Waals surface area contributed by atoms with Crippen LogP contribution in [-0.4, -0.2) is 12.5 Å². The van der Waals surface area contributed by atoms with Gasteiger partial charge in [0.15, 0.2) is 0 Å². The Labute approximate surface area is 153 Å². The van der Waals surface area contributed by atoms with Gasteiger partial charge in [0, 0.05) is 17.1 Å². The molecule has 2 rings (SSSR count). The molecule has 0 aliphatic heterocycles. The predicted octanol–water partition coefficient (Wildman–Crippen LogP) is 5.12. The number of nitriles is 1. The number of rotatable bonds is 5. The topological polar surface area (TPSA) is 52.9 Å². The first-order chi connectivity index (χ1) is 12.0. The Morgan fingerprint density at radius 2 is 2.08 bits per heavy atom. The fourth-order valence-corrected chi connectivity index (χ4v) is 2.77. The van der Waals surface area contributed by atoms with Crippen molar-refractivity contribution < 1.29 is 4.79 Å². The van der Waals surface area contributed by atoms with Crippen LogP contribution < -0.4 is 5.32 Å². The minimum Gasteiger partial charge on any atom is -0.352 e. The van der Waals surface area contributed by atoms with Crippen LogP contribution in [0.4, 0.5) is 0 Å². The molecule has 0 bridgehead atoms. The molecule has 0 saturated heterocycles. The largest absolute Gasteiger partial charge is 0.352 e. The normalized spacial score (nSPS) is 11.1. The van der Waals surface area contributed by atoms with E-state index >= 15 is 0 Å². The third-order valence-corrected chi connectivity index (χ3v) is 4.21. The molecule has 1 N–H and O–H groups in total. The summed E-state index contributed by atoms with van der Waals surface area (Å²) in [5.41, 5.74) is 4.92. The van der Waals surface area contributed by atoms with Crippen molar-refractivity contribution in [1.29, 1.82) is 5.26 Å². The van der Waals surface area contributed by atoms with Crippen molar-refractivity contribution in [3.63, 3.8) is 0 Å². The van der Waals surface area contributed by atoms with Crippen LogP contribution in [0, 0.1) is 18.3 Å². The first-order valence-corrected chi connectivity index (χ1v) is 8.61. The molecular weight excluding hydrogens is 332 g/mol. The third kappa shape index (κ3) is 4.71. The molecule has 128 valence electrons. The van der Waals surface area contributed by atoms with Gasteiger partial charge in [0.1, 0.15) is 0 Å². The average molecular weight is 353 g/mol. The predicted molar refractivity (Wildman–Crippen MR) is 103 cm³/mol. The second kappa shape index (κ2) is 8.50. The van der Waals surface area contributed by atoms with Crippen LogP contribution in [0.2, 0.25) is 5.02 Å². The Hall–Kier alpha value is -2.57. The molecule has 1 amide bonds. The van der Waals surface area contributed by atoms with Crippen LogP contribution in [0.25, 0.3) is 17.2 Å². The molecule has 3 nitrogen and oxygen atoms in total. The van der Waals surface area contributed by atoms with Crippen molar-refractivity contribution in [2.24, 2.45) is 0 Å². The molecule has 2 aromatic carbocycles. The molecule has 0 atom stereocenters. The Morgan fingerprint density at radius 1 is 1.32 bits per heavy atom. The van der Waals surface area contributed by atoms with Gasteiger partial charge < -0.3 is 5.32 Å². The number of carbonyl (C=O) groups is 1. The summed E-state index contributed by atoms with van der Waals surface area (Å²) in [6.07, 6.45) is 2.72. The minimum absolute atomic E-state index is 0.0899. The van der Waals surface area contributed by atoms with E-state index in [4.69, 9.17) is 11.6 Å². The van der Waals surface area contributed by atoms with Crippen LogP contribution in [0.1, 0.15) is 37.0 Å². The van der Waals surface area contributed by atoms with Gasteiger partial charge in [-0.05, 0) is 72.9 Å². The summed E-state index contributed by atoms with van der Waals surface area (Å²) >= 11 is 6.11. The zero-order valence-electron chi connectivity index (χ0n) is 14.7. The van der Waals surface area contributed by atoms with E-state index in [0.29, 0.717) is 22.7 Å². The lowest BCUT2D eigenvalue weighted by atomic mass is 9.93. The highest BCUT2D eigenvalue weighted by atomic mass is 35.5. The number of hydrogen-bond acceptors (Lipinski definition) is 2. The van der Waals surface area contributed by atoms with Gasteiger partial charge in [-0.25, -0.2) is 0 Å². The Balaban J connectivity index is 2.51. The molecular formula is C21H21ClN2O. The van der Waals surface area contributed by atoms with Gasteiger partial charge in [0.25, 0.3) is 0 Å². The molecule has 25 heavy (non-hydrogen) atoms. The fraction of sp³-hybridized carbons (Fsp3) is 0.238. The summed E-state index contributed by atoms with van der Waals surface area (Å²) in [5, 5.41) is 12.9. The SMILES string of the molecule is CCCNC(=O)/C(C)=C/c1cc(C#N)cc(-c2cccc(Cl)c2)c1C. The molecule has 0 radical (unpaired) electrons. The van der Waals surface area contributed by atoms with Gasteiger partial charge in [0.05, 0.1) is 11.6 Å². The summed E-state index contributed by atoms with van der Waals surface area (Å²) in [6.45, 7) is 6.43. The third-order valence-electron chi connectivity index (χ3n) is 3.98. The number of carbonyl (C=O) groups excluding carboxylic acids is 1. The highest BCUT2D eigenvalue weighted by Gasteiger charge is 2.10. The van der Waals surface area contributed by atoms with E-state index in [1.54, 1.807) is 13.0 Å². The average Bonchev–Trinajstić information content (AvgIpc) is 2.61. The van der Waals surface area contributed by atoms with Crippen molar-refractivity contribution in [2.45, 2.75) is 27.2 Å². The second-order valence-corrected chi connectivity index (χ2v) is 6.38. The monoisotopic (exact) mass is 352 g/mol. The van der Waals surface area contributed by atoms with E-state index < -0.39 is 0 Å². The van der Waals surface area contributed by atoms with E-state index in [1.165, 1.54) is 0 Å². The van der Waals surface area contributed by atoms with E-state index in [-0.39, 0.29) is 5.91 Å². The van der Waals surface area contributed by atoms with Gasteiger partial charge in [0.2, 0.25) is 5.91 Å². The molecule has 0 heterocycles. The van der Waals surface area contributed by atoms with E-state index in [2.05, 4.69) is 11.4 Å². The van der Waals surface area contributed by atoms with Crippen LogP contribution >= 0.6 is 11.6 Å². The molecule has 0 unspecified atom stereocenters. The number of benzene rings is 2. The lowest BCUT2D eigenvalue weighted by Crippen LogP contribution is -2.24. The summed E-state index contributed by atoms with van der Waals surface area (Å²) in [4.78, 5) is 12.1. The Bertz CT molecular complexity index is 863. The highest BCUT2D eigenvalue weighted by Crippen LogP contribution is 2.30. The standard InChI is InChI=1S/C21H21ClN2O/c1-4-8-24-21(25)14(2)9-18-10-16(13-23)11-20(15(18)3)17-6-5-7-19(22)12-17/h5-7,9-12H,4,8H2,1-3H3,(H,24,25)/b14-9+. The molecule has 4 heteroatoms. The Morgan fingerprint density at radius 3 is 2.72 bits per heavy atom. The quantitative estimate of drug-likeness (QED) is 0.759. The first kappa shape index (κ1) is 18.8. The summed E-state index contributed by atoms with van der Waals surface area (Å²) in [5.74, 6) is -0.0899. The molecule has 0 aliphatic rings. The smallest absolute Gasteiger partial charge is 0.246 e. The van der Waals surface area contributed by atoms with Crippen LogP contribution in [0.3, 0.4) is 0 Å². The zero-order chi connectivity index (χ0) is 18.4. The lowest BCUT2D eigenvalue weighted by molar-refractivity contribution is -0.117. The Kier molecular flexibility index (Phi) is 6.38. The summed E-state index contributed by atoms with van der Waals surface area (Å²) in [6, 6.07) is 13.4. The van der Waals surface area contributed by atoms with Gasteiger partial charge in [-0.1, -0.05) is 30.7 Å². The maximum atomic E-state index is 12.1. The number of nitrogens with zero attached hydrogens (tertiary/aromatic N) is 1. The molecule has 0 spiro atoms. The van der Waals surface area contributed by atoms with E-state index in [1.807, 2.05) is 50.3 Å². The van der Waals surface area contributed by atoms with Crippen molar-refractivity contribution in [3.05, 3.63) is 63.7 Å².